The van der Waals surface area contributed by atoms with Crippen molar-refractivity contribution in [3.8, 4) is 11.1 Å². The lowest BCUT2D eigenvalue weighted by atomic mass is 9.98. The van der Waals surface area contributed by atoms with Gasteiger partial charge in [0.1, 0.15) is 5.82 Å². The van der Waals surface area contributed by atoms with Crippen LogP contribution in [0.4, 0.5) is 15.1 Å². The van der Waals surface area contributed by atoms with E-state index in [1.165, 1.54) is 6.07 Å². The number of nitrogens with two attached hydrogens (primary N) is 1. The Morgan fingerprint density at radius 1 is 1.06 bits per heavy atom. The lowest BCUT2D eigenvalue weighted by molar-refractivity contribution is 0.259. The summed E-state index contributed by atoms with van der Waals surface area (Å²) in [6.07, 6.45) is 0.420. The number of fused-ring (bicyclic) bond motifs is 2. The summed E-state index contributed by atoms with van der Waals surface area (Å²) in [6.45, 7) is 0. The Kier molecular flexibility index (Phi) is 4.63. The number of imidazole rings is 1. The van der Waals surface area contributed by atoms with Gasteiger partial charge < -0.3 is 10.7 Å². The Balaban J connectivity index is 1.53. The van der Waals surface area contributed by atoms with E-state index in [1.54, 1.807) is 42.5 Å². The van der Waals surface area contributed by atoms with Crippen LogP contribution in [0, 0.1) is 5.82 Å². The van der Waals surface area contributed by atoms with Crippen LogP contribution in [0.3, 0.4) is 0 Å². The fourth-order valence-corrected chi connectivity index (χ4v) is 3.76. The van der Waals surface area contributed by atoms with E-state index in [1.807, 2.05) is 12.1 Å². The molecule has 2 heterocycles. The third kappa shape index (κ3) is 3.56. The SMILES string of the molecule is NC(=O)Nc1nc2ccc(-c3cc(Cc4n[nH]c(=O)c5ccccc45)ccc3F)cc2[nH]1. The Labute approximate surface area is 180 Å². The molecule has 9 heteroatoms. The van der Waals surface area contributed by atoms with Crippen molar-refractivity contribution in [2.45, 2.75) is 6.42 Å². The van der Waals surface area contributed by atoms with Gasteiger partial charge in [-0.2, -0.15) is 5.10 Å². The Bertz CT molecular complexity index is 1560. The van der Waals surface area contributed by atoms with Gasteiger partial charge >= 0.3 is 6.03 Å². The summed E-state index contributed by atoms with van der Waals surface area (Å²) < 4.78 is 14.7. The van der Waals surface area contributed by atoms with Crippen LogP contribution in [0.2, 0.25) is 0 Å². The summed E-state index contributed by atoms with van der Waals surface area (Å²) in [5, 5.41) is 10.4. The number of benzene rings is 3. The van der Waals surface area contributed by atoms with Crippen molar-refractivity contribution >= 4 is 33.8 Å². The summed E-state index contributed by atoms with van der Waals surface area (Å²) in [4.78, 5) is 30.2. The second-order valence-corrected chi connectivity index (χ2v) is 7.34. The number of halogens is 1. The highest BCUT2D eigenvalue weighted by molar-refractivity contribution is 5.90. The summed E-state index contributed by atoms with van der Waals surface area (Å²) in [6, 6.07) is 16.6. The number of carbonyl (C=O) groups excluding carboxylic acids is 1. The van der Waals surface area contributed by atoms with Crippen LogP contribution < -0.4 is 16.6 Å². The van der Waals surface area contributed by atoms with Crippen LogP contribution in [0.5, 0.6) is 0 Å². The van der Waals surface area contributed by atoms with E-state index in [0.29, 0.717) is 39.7 Å². The first-order valence-corrected chi connectivity index (χ1v) is 9.79. The summed E-state index contributed by atoms with van der Waals surface area (Å²) >= 11 is 0. The van der Waals surface area contributed by atoms with Crippen LogP contribution in [0.15, 0.2) is 65.5 Å². The van der Waals surface area contributed by atoms with Gasteiger partial charge in [0, 0.05) is 17.4 Å². The summed E-state index contributed by atoms with van der Waals surface area (Å²) in [5.41, 5.74) is 8.71. The number of nitrogens with zero attached hydrogens (tertiary/aromatic N) is 2. The van der Waals surface area contributed by atoms with E-state index in [-0.39, 0.29) is 17.3 Å². The number of primary amides is 1. The first-order valence-electron chi connectivity index (χ1n) is 9.79. The Morgan fingerprint density at radius 2 is 1.88 bits per heavy atom. The quantitative estimate of drug-likeness (QED) is 0.348. The van der Waals surface area contributed by atoms with E-state index in [4.69, 9.17) is 5.73 Å². The van der Waals surface area contributed by atoms with E-state index < -0.39 is 6.03 Å². The summed E-state index contributed by atoms with van der Waals surface area (Å²) in [7, 11) is 0. The van der Waals surface area contributed by atoms with E-state index in [9.17, 15) is 14.0 Å². The van der Waals surface area contributed by atoms with Crippen LogP contribution in [0.1, 0.15) is 11.3 Å². The zero-order chi connectivity index (χ0) is 22.2. The van der Waals surface area contributed by atoms with Crippen LogP contribution >= 0.6 is 0 Å². The van der Waals surface area contributed by atoms with Crippen molar-refractivity contribution in [2.24, 2.45) is 5.73 Å². The number of aromatic nitrogens is 4. The standard InChI is InChI=1S/C23H17FN6O2/c24-17-7-5-12(10-19-14-3-1-2-4-15(14)21(31)30-29-19)9-16(17)13-6-8-18-20(11-13)27-23(26-18)28-22(25)32/h1-9,11H,10H2,(H,30,31)(H4,25,26,27,28,32). The molecule has 5 N–H and O–H groups in total. The minimum Gasteiger partial charge on any atom is -0.351 e. The number of nitrogens with one attached hydrogen (secondary N) is 3. The molecule has 0 saturated carbocycles. The predicted octanol–water partition coefficient (Wildman–Crippen LogP) is 3.69. The minimum absolute atomic E-state index is 0.217. The van der Waals surface area contributed by atoms with Crippen molar-refractivity contribution < 1.29 is 9.18 Å². The average molecular weight is 428 g/mol. The van der Waals surface area contributed by atoms with Crippen LogP contribution in [-0.2, 0) is 6.42 Å². The first kappa shape index (κ1) is 19.4. The molecular formula is C23H17FN6O2. The molecule has 0 radical (unpaired) electrons. The molecule has 5 rings (SSSR count). The van der Waals surface area contributed by atoms with Gasteiger partial charge in [-0.25, -0.2) is 19.3 Å². The molecule has 0 aliphatic rings. The van der Waals surface area contributed by atoms with Crippen molar-refractivity contribution in [2.75, 3.05) is 5.32 Å². The molecule has 32 heavy (non-hydrogen) atoms. The van der Waals surface area contributed by atoms with Crippen molar-refractivity contribution in [1.29, 1.82) is 0 Å². The molecule has 5 aromatic rings. The highest BCUT2D eigenvalue weighted by Gasteiger charge is 2.12. The molecule has 0 fully saturated rings. The predicted molar refractivity (Wildman–Crippen MR) is 120 cm³/mol. The van der Waals surface area contributed by atoms with Crippen molar-refractivity contribution in [3.63, 3.8) is 0 Å². The molecule has 8 nitrogen and oxygen atoms in total. The average Bonchev–Trinajstić information content (AvgIpc) is 3.18. The topological polar surface area (TPSA) is 130 Å². The maximum Gasteiger partial charge on any atom is 0.318 e. The third-order valence-electron chi connectivity index (χ3n) is 5.21. The van der Waals surface area contributed by atoms with Gasteiger partial charge in [0.2, 0.25) is 5.95 Å². The van der Waals surface area contributed by atoms with E-state index in [0.717, 1.165) is 10.9 Å². The molecule has 0 unspecified atom stereocenters. The molecule has 158 valence electrons. The second-order valence-electron chi connectivity index (χ2n) is 7.34. The number of hydrogen-bond acceptors (Lipinski definition) is 4. The maximum absolute atomic E-state index is 14.7. The fraction of sp³-hybridized carbons (Fsp3) is 0.0435. The van der Waals surface area contributed by atoms with Gasteiger partial charge in [-0.3, -0.25) is 10.1 Å². The zero-order valence-electron chi connectivity index (χ0n) is 16.6. The molecule has 0 atom stereocenters. The maximum atomic E-state index is 14.7. The van der Waals surface area contributed by atoms with Gasteiger partial charge in [-0.05, 0) is 41.5 Å². The number of hydrogen-bond donors (Lipinski definition) is 4. The molecule has 0 spiro atoms. The molecule has 0 saturated heterocycles. The first-order chi connectivity index (χ1) is 15.5. The van der Waals surface area contributed by atoms with Crippen LogP contribution in [0.25, 0.3) is 32.9 Å². The molecule has 0 aliphatic carbocycles. The number of urea groups is 1. The number of aromatic amines is 2. The van der Waals surface area contributed by atoms with E-state index >= 15 is 0 Å². The molecule has 0 aliphatic heterocycles. The Hall–Kier alpha value is -4.53. The highest BCUT2D eigenvalue weighted by atomic mass is 19.1. The number of anilines is 1. The highest BCUT2D eigenvalue weighted by Crippen LogP contribution is 2.28. The van der Waals surface area contributed by atoms with Gasteiger partial charge in [-0.15, -0.1) is 0 Å². The minimum atomic E-state index is -0.730. The van der Waals surface area contributed by atoms with E-state index in [2.05, 4.69) is 25.5 Å². The summed E-state index contributed by atoms with van der Waals surface area (Å²) in [5.74, 6) is -0.155. The fourth-order valence-electron chi connectivity index (χ4n) is 3.76. The Morgan fingerprint density at radius 3 is 2.69 bits per heavy atom. The second kappa shape index (κ2) is 7.62. The van der Waals surface area contributed by atoms with Crippen LogP contribution in [-0.4, -0.2) is 26.2 Å². The van der Waals surface area contributed by atoms with Crippen molar-refractivity contribution in [3.05, 3.63) is 88.1 Å². The number of amides is 2. The zero-order valence-corrected chi connectivity index (χ0v) is 16.6. The van der Waals surface area contributed by atoms with Crippen molar-refractivity contribution in [1.82, 2.24) is 20.2 Å². The smallest absolute Gasteiger partial charge is 0.318 e. The number of rotatable bonds is 4. The number of carbonyl (C=O) groups is 1. The van der Waals surface area contributed by atoms with Gasteiger partial charge in [-0.1, -0.05) is 30.3 Å². The third-order valence-corrected chi connectivity index (χ3v) is 5.21. The molecule has 3 aromatic carbocycles. The lowest BCUT2D eigenvalue weighted by Crippen LogP contribution is -2.19. The molecule has 0 bridgehead atoms. The monoisotopic (exact) mass is 428 g/mol. The van der Waals surface area contributed by atoms with Gasteiger partial charge in [0.05, 0.1) is 22.1 Å². The van der Waals surface area contributed by atoms with Gasteiger partial charge in [0.25, 0.3) is 5.56 Å². The lowest BCUT2D eigenvalue weighted by Gasteiger charge is -2.09. The normalized spacial score (nSPS) is 11.2. The molecule has 2 amide bonds. The molecular weight excluding hydrogens is 411 g/mol. The largest absolute Gasteiger partial charge is 0.351 e. The van der Waals surface area contributed by atoms with Gasteiger partial charge in [0.15, 0.2) is 0 Å². The molecule has 2 aromatic heterocycles. The number of H-pyrrole nitrogens is 2.